The zero-order valence-electron chi connectivity index (χ0n) is 8.89. The average Bonchev–Trinajstić information content (AvgIpc) is 2.14. The van der Waals surface area contributed by atoms with Gasteiger partial charge >= 0.3 is 0 Å². The fourth-order valence-electron chi connectivity index (χ4n) is 1.11. The molecular formula is C11H15BrClNO. The molecule has 1 N–H and O–H groups in total. The normalized spacial score (nSPS) is 10.7. The molecule has 0 spiro atoms. The van der Waals surface area contributed by atoms with Gasteiger partial charge in [0.05, 0.1) is 12.7 Å². The third kappa shape index (κ3) is 4.87. The lowest BCUT2D eigenvalue weighted by Crippen LogP contribution is -2.13. The van der Waals surface area contributed by atoms with Crippen LogP contribution in [0.5, 0.6) is 0 Å². The molecule has 1 aromatic carbocycles. The minimum atomic E-state index is 0.278. The first-order chi connectivity index (χ1) is 7.09. The van der Waals surface area contributed by atoms with Crippen molar-refractivity contribution in [2.75, 3.05) is 18.5 Å². The average molecular weight is 293 g/mol. The Balaban J connectivity index is 2.37. The van der Waals surface area contributed by atoms with Crippen LogP contribution in [0.15, 0.2) is 22.7 Å². The predicted molar refractivity (Wildman–Crippen MR) is 68.7 cm³/mol. The monoisotopic (exact) mass is 291 g/mol. The van der Waals surface area contributed by atoms with Crippen molar-refractivity contribution in [3.8, 4) is 0 Å². The second kappa shape index (κ2) is 6.36. The quantitative estimate of drug-likeness (QED) is 0.830. The summed E-state index contributed by atoms with van der Waals surface area (Å²) in [5.41, 5.74) is 1.03. The highest BCUT2D eigenvalue weighted by Gasteiger charge is 1.99. The van der Waals surface area contributed by atoms with Crippen LogP contribution < -0.4 is 5.32 Å². The van der Waals surface area contributed by atoms with Gasteiger partial charge in [0.1, 0.15) is 0 Å². The third-order valence-electron chi connectivity index (χ3n) is 1.80. The molecule has 1 aromatic rings. The summed E-state index contributed by atoms with van der Waals surface area (Å²) < 4.78 is 6.40. The van der Waals surface area contributed by atoms with E-state index in [9.17, 15) is 0 Å². The molecule has 0 radical (unpaired) electrons. The van der Waals surface area contributed by atoms with Gasteiger partial charge in [-0.2, -0.15) is 0 Å². The minimum absolute atomic E-state index is 0.278. The van der Waals surface area contributed by atoms with Crippen LogP contribution in [0, 0.1) is 0 Å². The van der Waals surface area contributed by atoms with Crippen molar-refractivity contribution in [1.29, 1.82) is 0 Å². The van der Waals surface area contributed by atoms with Crippen LogP contribution in [0.25, 0.3) is 0 Å². The molecule has 1 rings (SSSR count). The van der Waals surface area contributed by atoms with Gasteiger partial charge in [-0.3, -0.25) is 0 Å². The first kappa shape index (κ1) is 12.8. The maximum atomic E-state index is 5.84. The molecular weight excluding hydrogens is 277 g/mol. The molecule has 0 saturated heterocycles. The maximum Gasteiger partial charge on any atom is 0.0642 e. The van der Waals surface area contributed by atoms with E-state index < -0.39 is 0 Å². The van der Waals surface area contributed by atoms with Crippen molar-refractivity contribution in [2.24, 2.45) is 0 Å². The lowest BCUT2D eigenvalue weighted by Gasteiger charge is -2.10. The Morgan fingerprint density at radius 1 is 1.47 bits per heavy atom. The topological polar surface area (TPSA) is 21.3 Å². The largest absolute Gasteiger partial charge is 0.382 e. The zero-order chi connectivity index (χ0) is 11.3. The van der Waals surface area contributed by atoms with Crippen LogP contribution in [0.1, 0.15) is 13.8 Å². The molecule has 0 unspecified atom stereocenters. The van der Waals surface area contributed by atoms with Crippen molar-refractivity contribution in [2.45, 2.75) is 20.0 Å². The van der Waals surface area contributed by atoms with Crippen molar-refractivity contribution < 1.29 is 4.74 Å². The molecule has 0 amide bonds. The summed E-state index contributed by atoms with van der Waals surface area (Å²) in [5, 5.41) is 3.99. The first-order valence-electron chi connectivity index (χ1n) is 4.90. The first-order valence-corrected chi connectivity index (χ1v) is 6.07. The smallest absolute Gasteiger partial charge is 0.0642 e. The molecule has 0 fully saturated rings. The van der Waals surface area contributed by atoms with E-state index in [1.807, 2.05) is 32.0 Å². The number of benzene rings is 1. The van der Waals surface area contributed by atoms with Crippen LogP contribution in [-0.4, -0.2) is 19.3 Å². The summed E-state index contributed by atoms with van der Waals surface area (Å²) in [7, 11) is 0. The van der Waals surface area contributed by atoms with Gasteiger partial charge in [0.25, 0.3) is 0 Å². The van der Waals surface area contributed by atoms with E-state index in [-0.39, 0.29) is 6.10 Å². The van der Waals surface area contributed by atoms with Gasteiger partial charge in [-0.1, -0.05) is 11.6 Å². The summed E-state index contributed by atoms with van der Waals surface area (Å²) in [6.45, 7) is 5.54. The summed E-state index contributed by atoms with van der Waals surface area (Å²) in [6.07, 6.45) is 0.278. The molecule has 84 valence electrons. The van der Waals surface area contributed by atoms with Crippen molar-refractivity contribution in [1.82, 2.24) is 0 Å². The molecule has 0 saturated carbocycles. The molecule has 4 heteroatoms. The van der Waals surface area contributed by atoms with Gasteiger partial charge in [0.15, 0.2) is 0 Å². The maximum absolute atomic E-state index is 5.84. The van der Waals surface area contributed by atoms with Gasteiger partial charge in [-0.05, 0) is 48.0 Å². The Labute approximate surface area is 104 Å². The van der Waals surface area contributed by atoms with Crippen molar-refractivity contribution >= 4 is 33.2 Å². The van der Waals surface area contributed by atoms with E-state index in [1.54, 1.807) is 0 Å². The zero-order valence-corrected chi connectivity index (χ0v) is 11.2. The predicted octanol–water partition coefficient (Wildman–Crippen LogP) is 3.94. The lowest BCUT2D eigenvalue weighted by molar-refractivity contribution is 0.0870. The molecule has 0 heterocycles. The Bertz CT molecular complexity index is 317. The number of nitrogens with one attached hydrogen (secondary N) is 1. The fourth-order valence-corrected chi connectivity index (χ4v) is 1.94. The highest BCUT2D eigenvalue weighted by molar-refractivity contribution is 9.10. The summed E-state index contributed by atoms with van der Waals surface area (Å²) in [4.78, 5) is 0. The summed E-state index contributed by atoms with van der Waals surface area (Å²) in [5.74, 6) is 0. The molecule has 0 atom stereocenters. The third-order valence-corrected chi connectivity index (χ3v) is 2.69. The standard InChI is InChI=1S/C11H15BrClNO/c1-8(2)15-6-5-14-11-4-3-9(13)7-10(11)12/h3-4,7-8,14H,5-6H2,1-2H3. The fraction of sp³-hybridized carbons (Fsp3) is 0.455. The Hall–Kier alpha value is -0.250. The highest BCUT2D eigenvalue weighted by Crippen LogP contribution is 2.25. The Kier molecular flexibility index (Phi) is 5.43. The van der Waals surface area contributed by atoms with Gasteiger partial charge in [0.2, 0.25) is 0 Å². The Morgan fingerprint density at radius 2 is 2.20 bits per heavy atom. The summed E-state index contributed by atoms with van der Waals surface area (Å²) in [6, 6.07) is 5.67. The van der Waals surface area contributed by atoms with Crippen LogP contribution in [0.3, 0.4) is 0 Å². The van der Waals surface area contributed by atoms with E-state index in [0.29, 0.717) is 6.61 Å². The molecule has 2 nitrogen and oxygen atoms in total. The van der Waals surface area contributed by atoms with Gasteiger partial charge in [0, 0.05) is 21.7 Å². The highest BCUT2D eigenvalue weighted by atomic mass is 79.9. The van der Waals surface area contributed by atoms with Gasteiger partial charge < -0.3 is 10.1 Å². The van der Waals surface area contributed by atoms with Gasteiger partial charge in [-0.15, -0.1) is 0 Å². The number of rotatable bonds is 5. The van der Waals surface area contributed by atoms with E-state index in [0.717, 1.165) is 21.7 Å². The second-order valence-electron chi connectivity index (χ2n) is 3.47. The molecule has 15 heavy (non-hydrogen) atoms. The van der Waals surface area contributed by atoms with Crippen molar-refractivity contribution in [3.63, 3.8) is 0 Å². The van der Waals surface area contributed by atoms with Gasteiger partial charge in [-0.25, -0.2) is 0 Å². The summed E-state index contributed by atoms with van der Waals surface area (Å²) >= 11 is 9.28. The van der Waals surface area contributed by atoms with Crippen LogP contribution in [0.2, 0.25) is 5.02 Å². The van der Waals surface area contributed by atoms with E-state index in [2.05, 4.69) is 21.2 Å². The van der Waals surface area contributed by atoms with Crippen molar-refractivity contribution in [3.05, 3.63) is 27.7 Å². The van der Waals surface area contributed by atoms with Crippen LogP contribution >= 0.6 is 27.5 Å². The van der Waals surface area contributed by atoms with Crippen LogP contribution in [0.4, 0.5) is 5.69 Å². The number of ether oxygens (including phenoxy) is 1. The Morgan fingerprint density at radius 3 is 2.80 bits per heavy atom. The molecule has 0 aliphatic heterocycles. The number of anilines is 1. The second-order valence-corrected chi connectivity index (χ2v) is 4.76. The number of hydrogen-bond acceptors (Lipinski definition) is 2. The number of halogens is 2. The molecule has 0 bridgehead atoms. The molecule has 0 aliphatic rings. The van der Waals surface area contributed by atoms with E-state index >= 15 is 0 Å². The van der Waals surface area contributed by atoms with Crippen LogP contribution in [-0.2, 0) is 4.74 Å². The van der Waals surface area contributed by atoms with E-state index in [4.69, 9.17) is 16.3 Å². The minimum Gasteiger partial charge on any atom is -0.382 e. The SMILES string of the molecule is CC(C)OCCNc1ccc(Cl)cc1Br. The lowest BCUT2D eigenvalue weighted by atomic mass is 10.3. The number of hydrogen-bond donors (Lipinski definition) is 1. The molecule has 0 aromatic heterocycles. The van der Waals surface area contributed by atoms with E-state index in [1.165, 1.54) is 0 Å². The molecule has 0 aliphatic carbocycles.